The minimum absolute atomic E-state index is 0.0393. The van der Waals surface area contributed by atoms with Crippen molar-refractivity contribution in [3.8, 4) is 0 Å². The topological polar surface area (TPSA) is 66.7 Å². The van der Waals surface area contributed by atoms with Gasteiger partial charge in [-0.2, -0.15) is 0 Å². The molecule has 1 saturated carbocycles. The second kappa shape index (κ2) is 12.1. The van der Waals surface area contributed by atoms with E-state index in [1.54, 1.807) is 24.3 Å². The summed E-state index contributed by atoms with van der Waals surface area (Å²) >= 11 is 0. The Bertz CT molecular complexity index is 1310. The first-order valence-electron chi connectivity index (χ1n) is 14.0. The molecule has 3 aromatic carbocycles. The Morgan fingerprint density at radius 2 is 1.67 bits per heavy atom. The van der Waals surface area contributed by atoms with Crippen molar-refractivity contribution in [2.24, 2.45) is 5.92 Å². The van der Waals surface area contributed by atoms with Crippen LogP contribution in [0.5, 0.6) is 0 Å². The van der Waals surface area contributed by atoms with Crippen molar-refractivity contribution >= 4 is 11.6 Å². The van der Waals surface area contributed by atoms with Gasteiger partial charge in [0.15, 0.2) is 0 Å². The third-order valence-electron chi connectivity index (χ3n) is 8.49. The Morgan fingerprint density at radius 3 is 2.38 bits per heavy atom. The van der Waals surface area contributed by atoms with E-state index < -0.39 is 0 Å². The molecule has 0 spiro atoms. The zero-order valence-electron chi connectivity index (χ0n) is 22.5. The van der Waals surface area contributed by atoms with Gasteiger partial charge in [0.1, 0.15) is 5.82 Å². The second-order valence-electron chi connectivity index (χ2n) is 11.1. The highest BCUT2D eigenvalue weighted by Gasteiger charge is 2.38. The molecule has 1 aliphatic carbocycles. The van der Waals surface area contributed by atoms with Gasteiger partial charge in [0.05, 0.1) is 4.92 Å². The number of benzene rings is 3. The Hall–Kier alpha value is -3.58. The molecule has 1 amide bonds. The van der Waals surface area contributed by atoms with Crippen LogP contribution in [0, 0.1) is 28.8 Å². The first-order chi connectivity index (χ1) is 18.9. The van der Waals surface area contributed by atoms with Gasteiger partial charge in [0, 0.05) is 55.3 Å². The molecule has 0 unspecified atom stereocenters. The second-order valence-corrected chi connectivity index (χ2v) is 11.1. The molecule has 7 heteroatoms. The van der Waals surface area contributed by atoms with E-state index in [1.165, 1.54) is 29.7 Å². The zero-order valence-corrected chi connectivity index (χ0v) is 22.5. The van der Waals surface area contributed by atoms with E-state index in [-0.39, 0.29) is 40.2 Å². The monoisotopic (exact) mass is 529 g/mol. The van der Waals surface area contributed by atoms with E-state index in [0.717, 1.165) is 38.8 Å². The summed E-state index contributed by atoms with van der Waals surface area (Å²) in [7, 11) is 0. The molecule has 2 aliphatic rings. The lowest BCUT2D eigenvalue weighted by molar-refractivity contribution is -0.385. The highest BCUT2D eigenvalue weighted by molar-refractivity contribution is 5.94. The summed E-state index contributed by atoms with van der Waals surface area (Å²) in [6, 6.07) is 21.4. The number of likely N-dealkylation sites (tertiary alicyclic amines) is 1. The van der Waals surface area contributed by atoms with E-state index in [9.17, 15) is 19.3 Å². The Balaban J connectivity index is 1.45. The molecule has 1 saturated heterocycles. The normalized spacial score (nSPS) is 20.2. The summed E-state index contributed by atoms with van der Waals surface area (Å²) in [5.74, 6) is -0.0272. The number of nitro groups is 1. The predicted octanol–water partition coefficient (Wildman–Crippen LogP) is 6.73. The average Bonchev–Trinajstić information content (AvgIpc) is 3.34. The number of nitro benzene ring substituents is 1. The lowest BCUT2D eigenvalue weighted by atomic mass is 9.85. The minimum Gasteiger partial charge on any atom is -0.335 e. The molecule has 5 rings (SSSR count). The smallest absolute Gasteiger partial charge is 0.273 e. The molecule has 3 aromatic rings. The van der Waals surface area contributed by atoms with E-state index in [2.05, 4.69) is 34.9 Å². The number of rotatable bonds is 8. The third-order valence-corrected chi connectivity index (χ3v) is 8.49. The number of halogens is 1. The van der Waals surface area contributed by atoms with Crippen molar-refractivity contribution in [3.63, 3.8) is 0 Å². The number of nitrogens with zero attached hydrogens (tertiary/aromatic N) is 3. The van der Waals surface area contributed by atoms with E-state index in [0.29, 0.717) is 24.2 Å². The number of amides is 1. The number of hydrogen-bond donors (Lipinski definition) is 0. The lowest BCUT2D eigenvalue weighted by Gasteiger charge is -2.37. The van der Waals surface area contributed by atoms with Crippen molar-refractivity contribution < 1.29 is 14.1 Å². The van der Waals surface area contributed by atoms with Crippen molar-refractivity contribution in [2.75, 3.05) is 19.6 Å². The third kappa shape index (κ3) is 6.19. The molecule has 0 aromatic heterocycles. The first-order valence-corrected chi connectivity index (χ1v) is 14.0. The largest absolute Gasteiger partial charge is 0.335 e. The van der Waals surface area contributed by atoms with Gasteiger partial charge in [0.2, 0.25) is 0 Å². The van der Waals surface area contributed by atoms with Crippen LogP contribution in [0.3, 0.4) is 0 Å². The maximum atomic E-state index is 13.9. The standard InChI is InChI=1S/C32H36FN3O3/c1-23-9-5-7-13-29(23)30-22-34(19-25-10-6-8-14-31(25)36(38)39)20-26(30)21-35(28-11-3-2-4-12-28)32(37)24-15-17-27(33)18-16-24/h5-10,13-18,26,28,30H,2-4,11-12,19-22H2,1H3/t26-,30-/m0/s1. The molecule has 0 bridgehead atoms. The fourth-order valence-corrected chi connectivity index (χ4v) is 6.49. The molecular formula is C32H36FN3O3. The van der Waals surface area contributed by atoms with Gasteiger partial charge in [-0.25, -0.2) is 4.39 Å². The van der Waals surface area contributed by atoms with Gasteiger partial charge >= 0.3 is 0 Å². The summed E-state index contributed by atoms with van der Waals surface area (Å²) in [5, 5.41) is 11.7. The number of para-hydroxylation sites is 1. The summed E-state index contributed by atoms with van der Waals surface area (Å²) in [5.41, 5.74) is 3.85. The molecule has 1 heterocycles. The van der Waals surface area contributed by atoms with Crippen LogP contribution in [0.15, 0.2) is 72.8 Å². The van der Waals surface area contributed by atoms with Crippen LogP contribution in [0.25, 0.3) is 0 Å². The molecule has 2 atom stereocenters. The van der Waals surface area contributed by atoms with Gasteiger partial charge in [-0.3, -0.25) is 19.8 Å². The molecule has 6 nitrogen and oxygen atoms in total. The highest BCUT2D eigenvalue weighted by atomic mass is 19.1. The van der Waals surface area contributed by atoms with Crippen LogP contribution >= 0.6 is 0 Å². The molecular weight excluding hydrogens is 493 g/mol. The van der Waals surface area contributed by atoms with Crippen LogP contribution in [0.4, 0.5) is 10.1 Å². The zero-order chi connectivity index (χ0) is 27.4. The predicted molar refractivity (Wildman–Crippen MR) is 150 cm³/mol. The highest BCUT2D eigenvalue weighted by Crippen LogP contribution is 2.38. The summed E-state index contributed by atoms with van der Waals surface area (Å²) in [4.78, 5) is 29.6. The number of aryl methyl sites for hydroxylation is 1. The minimum atomic E-state index is -0.350. The van der Waals surface area contributed by atoms with Crippen molar-refractivity contribution in [3.05, 3.63) is 111 Å². The van der Waals surface area contributed by atoms with Crippen molar-refractivity contribution in [1.82, 2.24) is 9.80 Å². The van der Waals surface area contributed by atoms with E-state index in [4.69, 9.17) is 0 Å². The SMILES string of the molecule is Cc1ccccc1[C@H]1CN(Cc2ccccc2[N+](=O)[O-])C[C@H]1CN(C(=O)c1ccc(F)cc1)C1CCCCC1. The summed E-state index contributed by atoms with van der Waals surface area (Å²) in [6.45, 7) is 4.73. The fourth-order valence-electron chi connectivity index (χ4n) is 6.49. The lowest BCUT2D eigenvalue weighted by Crippen LogP contribution is -2.45. The Labute approximate surface area is 229 Å². The van der Waals surface area contributed by atoms with Gasteiger partial charge in [0.25, 0.3) is 11.6 Å². The van der Waals surface area contributed by atoms with Crippen LogP contribution < -0.4 is 0 Å². The molecule has 2 fully saturated rings. The van der Waals surface area contributed by atoms with Gasteiger partial charge < -0.3 is 4.90 Å². The van der Waals surface area contributed by atoms with E-state index >= 15 is 0 Å². The van der Waals surface area contributed by atoms with Crippen LogP contribution in [-0.4, -0.2) is 46.3 Å². The maximum absolute atomic E-state index is 13.9. The molecule has 39 heavy (non-hydrogen) atoms. The Kier molecular flexibility index (Phi) is 8.36. The number of carbonyl (C=O) groups is 1. The molecule has 204 valence electrons. The van der Waals surface area contributed by atoms with Gasteiger partial charge in [-0.05, 0) is 61.1 Å². The summed E-state index contributed by atoms with van der Waals surface area (Å²) in [6.07, 6.45) is 5.36. The van der Waals surface area contributed by atoms with Gasteiger partial charge in [-0.15, -0.1) is 0 Å². The van der Waals surface area contributed by atoms with Crippen LogP contribution in [-0.2, 0) is 6.54 Å². The number of carbonyl (C=O) groups excluding carboxylic acids is 1. The average molecular weight is 530 g/mol. The van der Waals surface area contributed by atoms with Crippen LogP contribution in [0.2, 0.25) is 0 Å². The fraction of sp³-hybridized carbons (Fsp3) is 0.406. The van der Waals surface area contributed by atoms with Gasteiger partial charge in [-0.1, -0.05) is 61.7 Å². The molecule has 1 aliphatic heterocycles. The summed E-state index contributed by atoms with van der Waals surface area (Å²) < 4.78 is 13.6. The number of hydrogen-bond acceptors (Lipinski definition) is 4. The van der Waals surface area contributed by atoms with Crippen LogP contribution in [0.1, 0.15) is 65.1 Å². The van der Waals surface area contributed by atoms with Crippen molar-refractivity contribution in [2.45, 2.75) is 57.5 Å². The Morgan fingerprint density at radius 1 is 0.974 bits per heavy atom. The maximum Gasteiger partial charge on any atom is 0.273 e. The molecule has 0 N–H and O–H groups in total. The first kappa shape index (κ1) is 27.0. The quantitative estimate of drug-likeness (QED) is 0.240. The van der Waals surface area contributed by atoms with E-state index in [1.807, 2.05) is 18.2 Å². The van der Waals surface area contributed by atoms with Crippen molar-refractivity contribution in [1.29, 1.82) is 0 Å². The molecule has 0 radical (unpaired) electrons.